The summed E-state index contributed by atoms with van der Waals surface area (Å²) < 4.78 is 12.8. The van der Waals surface area contributed by atoms with Gasteiger partial charge >= 0.3 is 0 Å². The molecule has 1 unspecified atom stereocenters. The maximum absolute atomic E-state index is 12.8. The van der Waals surface area contributed by atoms with Gasteiger partial charge in [0.05, 0.1) is 0 Å². The van der Waals surface area contributed by atoms with Crippen LogP contribution in [0, 0.1) is 0 Å². The third kappa shape index (κ3) is 3.50. The summed E-state index contributed by atoms with van der Waals surface area (Å²) in [6.07, 6.45) is 4.95. The minimum atomic E-state index is -2.09. The number of rotatable bonds is 6. The van der Waals surface area contributed by atoms with Gasteiger partial charge in [-0.25, -0.2) is 0 Å². The topological polar surface area (TPSA) is 17.1 Å². The van der Waals surface area contributed by atoms with E-state index in [0.717, 1.165) is 36.9 Å². The van der Waals surface area contributed by atoms with E-state index in [1.165, 1.54) is 0 Å². The molecule has 0 bridgehead atoms. The van der Waals surface area contributed by atoms with Gasteiger partial charge in [-0.2, -0.15) is 0 Å². The van der Waals surface area contributed by atoms with E-state index >= 15 is 0 Å². The molecule has 1 aromatic rings. The van der Waals surface area contributed by atoms with Crippen LogP contribution in [0.3, 0.4) is 0 Å². The molecule has 0 spiro atoms. The molecule has 0 aliphatic heterocycles. The van der Waals surface area contributed by atoms with Crippen LogP contribution in [-0.2, 0) is 4.57 Å². The average molecular weight is 224 g/mol. The second-order valence-electron chi connectivity index (χ2n) is 4.03. The molecule has 0 N–H and O–H groups in total. The van der Waals surface area contributed by atoms with Gasteiger partial charge in [0.1, 0.15) is 7.14 Å². The van der Waals surface area contributed by atoms with E-state index in [1.54, 1.807) is 0 Å². The molecule has 0 aliphatic rings. The van der Waals surface area contributed by atoms with Crippen LogP contribution in [0.25, 0.3) is 0 Å². The first-order valence-electron chi connectivity index (χ1n) is 5.86. The molecule has 0 fully saturated rings. The largest absolute Gasteiger partial charge is 0.319 e. The zero-order chi connectivity index (χ0) is 11.1. The SMILES string of the molecule is CCCCP(=O)(CCC)c1ccccc1. The van der Waals surface area contributed by atoms with Crippen LogP contribution in [0.2, 0.25) is 0 Å². The Bertz CT molecular complexity index is 319. The van der Waals surface area contributed by atoms with Crippen molar-refractivity contribution >= 4 is 12.4 Å². The molecular weight excluding hydrogens is 203 g/mol. The molecule has 1 nitrogen and oxygen atoms in total. The maximum atomic E-state index is 12.8. The highest BCUT2D eigenvalue weighted by Crippen LogP contribution is 2.45. The average Bonchev–Trinajstić information content (AvgIpc) is 2.28. The molecule has 0 saturated heterocycles. The zero-order valence-electron chi connectivity index (χ0n) is 9.78. The molecule has 1 aromatic carbocycles. The highest BCUT2D eigenvalue weighted by molar-refractivity contribution is 7.71. The van der Waals surface area contributed by atoms with Crippen molar-refractivity contribution in [1.82, 2.24) is 0 Å². The molecule has 0 radical (unpaired) electrons. The Hall–Kier alpha value is -0.550. The van der Waals surface area contributed by atoms with Crippen molar-refractivity contribution in [2.24, 2.45) is 0 Å². The van der Waals surface area contributed by atoms with E-state index in [9.17, 15) is 4.57 Å². The summed E-state index contributed by atoms with van der Waals surface area (Å²) in [6, 6.07) is 10.0. The number of hydrogen-bond acceptors (Lipinski definition) is 1. The van der Waals surface area contributed by atoms with Crippen molar-refractivity contribution in [2.45, 2.75) is 33.1 Å². The van der Waals surface area contributed by atoms with Crippen LogP contribution in [-0.4, -0.2) is 12.3 Å². The van der Waals surface area contributed by atoms with E-state index in [0.29, 0.717) is 0 Å². The first kappa shape index (κ1) is 12.5. The lowest BCUT2D eigenvalue weighted by Crippen LogP contribution is -2.10. The fourth-order valence-electron chi connectivity index (χ4n) is 1.84. The van der Waals surface area contributed by atoms with Crippen molar-refractivity contribution in [1.29, 1.82) is 0 Å². The van der Waals surface area contributed by atoms with E-state index in [2.05, 4.69) is 13.8 Å². The van der Waals surface area contributed by atoms with Crippen molar-refractivity contribution < 1.29 is 4.57 Å². The van der Waals surface area contributed by atoms with Crippen LogP contribution >= 0.6 is 7.14 Å². The molecule has 2 heteroatoms. The monoisotopic (exact) mass is 224 g/mol. The van der Waals surface area contributed by atoms with Gasteiger partial charge in [0.25, 0.3) is 0 Å². The molecular formula is C13H21OP. The molecule has 0 aliphatic carbocycles. The summed E-state index contributed by atoms with van der Waals surface area (Å²) in [6.45, 7) is 4.27. The van der Waals surface area contributed by atoms with Gasteiger partial charge in [0.15, 0.2) is 0 Å². The summed E-state index contributed by atoms with van der Waals surface area (Å²) in [4.78, 5) is 0. The lowest BCUT2D eigenvalue weighted by Gasteiger charge is -2.17. The van der Waals surface area contributed by atoms with Gasteiger partial charge in [0, 0.05) is 17.6 Å². The van der Waals surface area contributed by atoms with E-state index in [-0.39, 0.29) is 0 Å². The number of hydrogen-bond donors (Lipinski definition) is 0. The Labute approximate surface area is 93.3 Å². The predicted octanol–water partition coefficient (Wildman–Crippen LogP) is 3.89. The second kappa shape index (κ2) is 6.12. The Balaban J connectivity index is 2.86. The Morgan fingerprint density at radius 2 is 1.67 bits per heavy atom. The molecule has 0 heterocycles. The Morgan fingerprint density at radius 1 is 1.00 bits per heavy atom. The third-order valence-corrected chi connectivity index (χ3v) is 6.13. The summed E-state index contributed by atoms with van der Waals surface area (Å²) in [5.41, 5.74) is 0. The lowest BCUT2D eigenvalue weighted by molar-refractivity contribution is 0.578. The fraction of sp³-hybridized carbons (Fsp3) is 0.538. The minimum Gasteiger partial charge on any atom is -0.319 e. The van der Waals surface area contributed by atoms with Crippen LogP contribution in [0.15, 0.2) is 30.3 Å². The molecule has 0 saturated carbocycles. The quantitative estimate of drug-likeness (QED) is 0.670. The normalized spacial score (nSPS) is 14.8. The van der Waals surface area contributed by atoms with E-state index in [1.807, 2.05) is 30.3 Å². The molecule has 0 amide bonds. The molecule has 0 aromatic heterocycles. The van der Waals surface area contributed by atoms with E-state index in [4.69, 9.17) is 0 Å². The van der Waals surface area contributed by atoms with Gasteiger partial charge in [-0.05, 0) is 12.8 Å². The maximum Gasteiger partial charge on any atom is 0.115 e. The van der Waals surface area contributed by atoms with Crippen LogP contribution < -0.4 is 5.30 Å². The summed E-state index contributed by atoms with van der Waals surface area (Å²) in [5.74, 6) is 0. The summed E-state index contributed by atoms with van der Waals surface area (Å²) >= 11 is 0. The number of unbranched alkanes of at least 4 members (excludes halogenated alkanes) is 1. The highest BCUT2D eigenvalue weighted by Gasteiger charge is 2.22. The molecule has 1 atom stereocenters. The fourth-order valence-corrected chi connectivity index (χ4v) is 4.85. The van der Waals surface area contributed by atoms with E-state index < -0.39 is 7.14 Å². The first-order chi connectivity index (χ1) is 7.23. The highest BCUT2D eigenvalue weighted by atomic mass is 31.2. The van der Waals surface area contributed by atoms with Gasteiger partial charge in [-0.1, -0.05) is 50.6 Å². The zero-order valence-corrected chi connectivity index (χ0v) is 10.7. The van der Waals surface area contributed by atoms with Gasteiger partial charge in [-0.15, -0.1) is 0 Å². The van der Waals surface area contributed by atoms with Gasteiger partial charge < -0.3 is 4.57 Å². The summed E-state index contributed by atoms with van der Waals surface area (Å²) in [5, 5.41) is 1.07. The lowest BCUT2D eigenvalue weighted by atomic mass is 10.4. The van der Waals surface area contributed by atoms with Gasteiger partial charge in [-0.3, -0.25) is 0 Å². The van der Waals surface area contributed by atoms with Crippen LogP contribution in [0.1, 0.15) is 33.1 Å². The molecule has 1 rings (SSSR count). The standard InChI is InChI=1S/C13H21OP/c1-3-5-12-15(14,11-4-2)13-9-7-6-8-10-13/h6-10H,3-5,11-12H2,1-2H3. The number of benzene rings is 1. The van der Waals surface area contributed by atoms with Crippen LogP contribution in [0.5, 0.6) is 0 Å². The summed E-state index contributed by atoms with van der Waals surface area (Å²) in [7, 11) is -2.09. The van der Waals surface area contributed by atoms with Crippen LogP contribution in [0.4, 0.5) is 0 Å². The third-order valence-electron chi connectivity index (χ3n) is 2.68. The Kier molecular flexibility index (Phi) is 5.11. The van der Waals surface area contributed by atoms with Crippen molar-refractivity contribution in [3.05, 3.63) is 30.3 Å². The predicted molar refractivity (Wildman–Crippen MR) is 68.6 cm³/mol. The van der Waals surface area contributed by atoms with Crippen molar-refractivity contribution in [3.63, 3.8) is 0 Å². The molecule has 15 heavy (non-hydrogen) atoms. The smallest absolute Gasteiger partial charge is 0.115 e. The van der Waals surface area contributed by atoms with Crippen molar-refractivity contribution in [3.8, 4) is 0 Å². The Morgan fingerprint density at radius 3 is 2.20 bits per heavy atom. The minimum absolute atomic E-state index is 0.858. The second-order valence-corrected chi connectivity index (χ2v) is 7.22. The van der Waals surface area contributed by atoms with Crippen molar-refractivity contribution in [2.75, 3.05) is 12.3 Å². The first-order valence-corrected chi connectivity index (χ1v) is 7.94. The van der Waals surface area contributed by atoms with Gasteiger partial charge in [0.2, 0.25) is 0 Å². The molecule has 84 valence electrons.